The zero-order chi connectivity index (χ0) is 15.0. The Bertz CT molecular complexity index is 431. The normalized spacial score (nSPS) is 13.6. The van der Waals surface area contributed by atoms with Crippen molar-refractivity contribution in [1.82, 2.24) is 0 Å². The first-order valence-corrected chi connectivity index (χ1v) is 6.85. The number of hydrogen-bond acceptors (Lipinski definition) is 4. The minimum atomic E-state index is -0.380. The molecule has 0 spiro atoms. The zero-order valence-corrected chi connectivity index (χ0v) is 12.2. The number of nitrogens with one attached hydrogen (secondary N) is 1. The molecule has 5 heteroatoms. The van der Waals surface area contributed by atoms with Crippen molar-refractivity contribution in [2.24, 2.45) is 11.1 Å². The van der Waals surface area contributed by atoms with E-state index in [0.29, 0.717) is 12.3 Å². The molecule has 1 atom stereocenters. The quantitative estimate of drug-likeness (QED) is 0.643. The van der Waals surface area contributed by atoms with Gasteiger partial charge in [0.15, 0.2) is 0 Å². The van der Waals surface area contributed by atoms with Gasteiger partial charge in [0.2, 0.25) is 5.91 Å². The van der Waals surface area contributed by atoms with Gasteiger partial charge in [0.05, 0.1) is 25.3 Å². The number of nitrogens with two attached hydrogens (primary N) is 1. The second-order valence-corrected chi connectivity index (χ2v) is 5.24. The highest BCUT2D eigenvalue weighted by molar-refractivity contribution is 5.73. The summed E-state index contributed by atoms with van der Waals surface area (Å²) in [7, 11) is 0. The van der Waals surface area contributed by atoms with E-state index in [-0.39, 0.29) is 31.0 Å². The lowest BCUT2D eigenvalue weighted by molar-refractivity contribution is -0.118. The van der Waals surface area contributed by atoms with Crippen molar-refractivity contribution in [3.05, 3.63) is 24.3 Å². The lowest BCUT2D eigenvalue weighted by Gasteiger charge is -2.27. The van der Waals surface area contributed by atoms with Crippen LogP contribution < -0.4 is 15.8 Å². The Morgan fingerprint density at radius 3 is 2.75 bits per heavy atom. The van der Waals surface area contributed by atoms with Crippen LogP contribution in [-0.4, -0.2) is 30.8 Å². The molecule has 1 aromatic carbocycles. The molecule has 1 unspecified atom stereocenters. The third-order valence-corrected chi connectivity index (χ3v) is 3.43. The molecule has 0 fully saturated rings. The Kier molecular flexibility index (Phi) is 6.31. The number of anilines is 1. The van der Waals surface area contributed by atoms with Gasteiger partial charge in [-0.15, -0.1) is 0 Å². The fourth-order valence-electron chi connectivity index (χ4n) is 1.60. The van der Waals surface area contributed by atoms with Crippen molar-refractivity contribution >= 4 is 11.6 Å². The van der Waals surface area contributed by atoms with E-state index in [0.717, 1.165) is 12.1 Å². The number of para-hydroxylation sites is 2. The number of aliphatic hydroxyl groups excluding tert-OH is 1. The molecule has 1 amide bonds. The van der Waals surface area contributed by atoms with Gasteiger partial charge in [-0.25, -0.2) is 0 Å². The molecular weight excluding hydrogens is 256 g/mol. The molecule has 0 saturated heterocycles. The van der Waals surface area contributed by atoms with Crippen LogP contribution in [0.25, 0.3) is 0 Å². The lowest BCUT2D eigenvalue weighted by Crippen LogP contribution is -2.29. The molecule has 112 valence electrons. The van der Waals surface area contributed by atoms with Crippen molar-refractivity contribution in [2.75, 3.05) is 25.1 Å². The van der Waals surface area contributed by atoms with Gasteiger partial charge in [-0.2, -0.15) is 0 Å². The highest BCUT2D eigenvalue weighted by Gasteiger charge is 2.21. The SMILES string of the molecule is CCC(C)(CO)CNc1ccccc1OCCC(N)=O. The maximum Gasteiger partial charge on any atom is 0.220 e. The van der Waals surface area contributed by atoms with E-state index in [1.165, 1.54) is 0 Å². The number of primary amides is 1. The predicted molar refractivity (Wildman–Crippen MR) is 79.7 cm³/mol. The van der Waals surface area contributed by atoms with Gasteiger partial charge in [-0.3, -0.25) is 4.79 Å². The number of benzene rings is 1. The summed E-state index contributed by atoms with van der Waals surface area (Å²) in [5, 5.41) is 12.7. The molecule has 1 aromatic rings. The van der Waals surface area contributed by atoms with Crippen LogP contribution in [0.3, 0.4) is 0 Å². The summed E-state index contributed by atoms with van der Waals surface area (Å²) in [6, 6.07) is 7.53. The van der Waals surface area contributed by atoms with Crippen LogP contribution in [0, 0.1) is 5.41 Å². The molecule has 4 N–H and O–H groups in total. The summed E-state index contributed by atoms with van der Waals surface area (Å²) < 4.78 is 5.55. The molecule has 0 aromatic heterocycles. The van der Waals surface area contributed by atoms with Crippen LogP contribution in [0.15, 0.2) is 24.3 Å². The first-order chi connectivity index (χ1) is 9.50. The van der Waals surface area contributed by atoms with Crippen molar-refractivity contribution in [1.29, 1.82) is 0 Å². The van der Waals surface area contributed by atoms with E-state index >= 15 is 0 Å². The number of hydrogen-bond donors (Lipinski definition) is 3. The van der Waals surface area contributed by atoms with Crippen molar-refractivity contribution in [3.8, 4) is 5.75 Å². The number of rotatable bonds is 9. The third kappa shape index (κ3) is 5.09. The van der Waals surface area contributed by atoms with Crippen LogP contribution in [0.2, 0.25) is 0 Å². The Labute approximate surface area is 120 Å². The monoisotopic (exact) mass is 280 g/mol. The van der Waals surface area contributed by atoms with E-state index < -0.39 is 0 Å². The maximum atomic E-state index is 10.7. The average Bonchev–Trinajstić information content (AvgIpc) is 2.45. The average molecular weight is 280 g/mol. The highest BCUT2D eigenvalue weighted by atomic mass is 16.5. The molecule has 0 heterocycles. The number of carbonyl (C=O) groups is 1. The molecule has 0 saturated carbocycles. The minimum absolute atomic E-state index is 0.126. The second-order valence-electron chi connectivity index (χ2n) is 5.24. The minimum Gasteiger partial charge on any atom is -0.491 e. The van der Waals surface area contributed by atoms with Gasteiger partial charge < -0.3 is 20.9 Å². The number of carbonyl (C=O) groups excluding carboxylic acids is 1. The molecule has 20 heavy (non-hydrogen) atoms. The Hall–Kier alpha value is -1.75. The van der Waals surface area contributed by atoms with Crippen molar-refractivity contribution < 1.29 is 14.6 Å². The fraction of sp³-hybridized carbons (Fsp3) is 0.533. The van der Waals surface area contributed by atoms with Gasteiger partial charge in [-0.05, 0) is 18.6 Å². The van der Waals surface area contributed by atoms with Crippen LogP contribution in [0.1, 0.15) is 26.7 Å². The summed E-state index contributed by atoms with van der Waals surface area (Å²) in [5.74, 6) is 0.305. The molecule has 5 nitrogen and oxygen atoms in total. The summed E-state index contributed by atoms with van der Waals surface area (Å²) in [5.41, 5.74) is 5.77. The molecule has 0 aliphatic carbocycles. The van der Waals surface area contributed by atoms with Crippen LogP contribution in [0.5, 0.6) is 5.75 Å². The van der Waals surface area contributed by atoms with Gasteiger partial charge in [0.1, 0.15) is 5.75 Å². The number of amides is 1. The highest BCUT2D eigenvalue weighted by Crippen LogP contribution is 2.27. The Morgan fingerprint density at radius 1 is 1.45 bits per heavy atom. The summed E-state index contributed by atoms with van der Waals surface area (Å²) in [6.45, 7) is 5.11. The Morgan fingerprint density at radius 2 is 2.15 bits per heavy atom. The standard InChI is InChI=1S/C15H24N2O3/c1-3-15(2,11-18)10-17-12-6-4-5-7-13(12)20-9-8-14(16)19/h4-7,17-18H,3,8-11H2,1-2H3,(H2,16,19). The van der Waals surface area contributed by atoms with Gasteiger partial charge in [0, 0.05) is 12.0 Å². The maximum absolute atomic E-state index is 10.7. The molecule has 0 aliphatic rings. The molecule has 1 rings (SSSR count). The van der Waals surface area contributed by atoms with E-state index in [2.05, 4.69) is 5.32 Å². The molecule has 0 bridgehead atoms. The molecule has 0 radical (unpaired) electrons. The third-order valence-electron chi connectivity index (χ3n) is 3.43. The van der Waals surface area contributed by atoms with Gasteiger partial charge in [-0.1, -0.05) is 26.0 Å². The second kappa shape index (κ2) is 7.75. The van der Waals surface area contributed by atoms with Gasteiger partial charge >= 0.3 is 0 Å². The smallest absolute Gasteiger partial charge is 0.220 e. The van der Waals surface area contributed by atoms with Crippen LogP contribution in [-0.2, 0) is 4.79 Å². The summed E-state index contributed by atoms with van der Waals surface area (Å²) in [6.07, 6.45) is 1.07. The zero-order valence-electron chi connectivity index (χ0n) is 12.2. The number of ether oxygens (including phenoxy) is 1. The topological polar surface area (TPSA) is 84.6 Å². The van der Waals surface area contributed by atoms with Crippen molar-refractivity contribution in [3.63, 3.8) is 0 Å². The van der Waals surface area contributed by atoms with E-state index in [1.54, 1.807) is 0 Å². The van der Waals surface area contributed by atoms with Gasteiger partial charge in [0.25, 0.3) is 0 Å². The summed E-state index contributed by atoms with van der Waals surface area (Å²) >= 11 is 0. The van der Waals surface area contributed by atoms with E-state index in [1.807, 2.05) is 38.1 Å². The van der Waals surface area contributed by atoms with E-state index in [9.17, 15) is 9.90 Å². The first kappa shape index (κ1) is 16.3. The van der Waals surface area contributed by atoms with Crippen molar-refractivity contribution in [2.45, 2.75) is 26.7 Å². The van der Waals surface area contributed by atoms with E-state index in [4.69, 9.17) is 10.5 Å². The van der Waals surface area contributed by atoms with Crippen LogP contribution in [0.4, 0.5) is 5.69 Å². The first-order valence-electron chi connectivity index (χ1n) is 6.85. The largest absolute Gasteiger partial charge is 0.491 e. The molecular formula is C15H24N2O3. The Balaban J connectivity index is 2.63. The predicted octanol–water partition coefficient (Wildman–Crippen LogP) is 1.76. The van der Waals surface area contributed by atoms with Crippen LogP contribution >= 0.6 is 0 Å². The lowest BCUT2D eigenvalue weighted by atomic mass is 9.88. The fourth-order valence-corrected chi connectivity index (χ4v) is 1.60. The summed E-state index contributed by atoms with van der Waals surface area (Å²) in [4.78, 5) is 10.7. The number of aliphatic hydroxyl groups is 1. The molecule has 0 aliphatic heterocycles.